The minimum atomic E-state index is 0.506. The second kappa shape index (κ2) is 3.73. The van der Waals surface area contributed by atoms with Crippen molar-refractivity contribution in [3.8, 4) is 0 Å². The quantitative estimate of drug-likeness (QED) is 0.634. The lowest BCUT2D eigenvalue weighted by atomic mass is 10.0. The first-order valence-electron chi connectivity index (χ1n) is 4.87. The standard InChI is InChI=1S/C9H18N2O/c1-12-9-6-11(7-9)8-3-2-4-10-5-8/h8-10H,2-7H2,1H3/t8-/m0/s1. The van der Waals surface area contributed by atoms with E-state index in [0.717, 1.165) is 19.1 Å². The molecular formula is C9H18N2O. The van der Waals surface area contributed by atoms with Crippen LogP contribution in [-0.4, -0.2) is 50.3 Å². The molecule has 0 aromatic carbocycles. The third-order valence-corrected chi connectivity index (χ3v) is 3.00. The van der Waals surface area contributed by atoms with Gasteiger partial charge in [0.2, 0.25) is 0 Å². The van der Waals surface area contributed by atoms with E-state index in [1.165, 1.54) is 25.9 Å². The van der Waals surface area contributed by atoms with Crippen LogP contribution in [0.5, 0.6) is 0 Å². The third kappa shape index (κ3) is 1.63. The highest BCUT2D eigenvalue weighted by atomic mass is 16.5. The second-order valence-electron chi connectivity index (χ2n) is 3.81. The molecule has 0 aromatic heterocycles. The predicted molar refractivity (Wildman–Crippen MR) is 48.3 cm³/mol. The van der Waals surface area contributed by atoms with Crippen LogP contribution in [0.2, 0.25) is 0 Å². The fourth-order valence-electron chi connectivity index (χ4n) is 2.06. The maximum absolute atomic E-state index is 5.25. The van der Waals surface area contributed by atoms with Crippen molar-refractivity contribution in [1.82, 2.24) is 10.2 Å². The van der Waals surface area contributed by atoms with Gasteiger partial charge in [0.15, 0.2) is 0 Å². The number of likely N-dealkylation sites (tertiary alicyclic amines) is 1. The van der Waals surface area contributed by atoms with Crippen molar-refractivity contribution >= 4 is 0 Å². The first kappa shape index (κ1) is 8.48. The maximum Gasteiger partial charge on any atom is 0.0825 e. The van der Waals surface area contributed by atoms with Gasteiger partial charge in [-0.1, -0.05) is 0 Å². The highest BCUT2D eigenvalue weighted by Crippen LogP contribution is 2.18. The zero-order chi connectivity index (χ0) is 8.39. The molecule has 2 saturated heterocycles. The Hall–Kier alpha value is -0.120. The zero-order valence-electron chi connectivity index (χ0n) is 7.75. The summed E-state index contributed by atoms with van der Waals surface area (Å²) in [5.74, 6) is 0. The number of hydrogen-bond acceptors (Lipinski definition) is 3. The Balaban J connectivity index is 1.72. The van der Waals surface area contributed by atoms with E-state index < -0.39 is 0 Å². The summed E-state index contributed by atoms with van der Waals surface area (Å²) in [7, 11) is 1.81. The predicted octanol–water partition coefficient (Wildman–Crippen LogP) is 0.0690. The van der Waals surface area contributed by atoms with Gasteiger partial charge in [0.05, 0.1) is 6.10 Å². The summed E-state index contributed by atoms with van der Waals surface area (Å²) < 4.78 is 5.25. The lowest BCUT2D eigenvalue weighted by Crippen LogP contribution is -2.59. The highest BCUT2D eigenvalue weighted by Gasteiger charge is 2.32. The Labute approximate surface area is 74.1 Å². The molecule has 1 N–H and O–H groups in total. The molecule has 2 fully saturated rings. The molecule has 0 amide bonds. The van der Waals surface area contributed by atoms with Crippen LogP contribution in [0, 0.1) is 0 Å². The Morgan fingerprint density at radius 2 is 2.25 bits per heavy atom. The molecule has 0 radical (unpaired) electrons. The Morgan fingerprint density at radius 1 is 1.42 bits per heavy atom. The fraction of sp³-hybridized carbons (Fsp3) is 1.00. The molecule has 3 heteroatoms. The van der Waals surface area contributed by atoms with E-state index in [1.54, 1.807) is 7.11 Å². The average Bonchev–Trinajstić information content (AvgIpc) is 2.04. The molecule has 0 spiro atoms. The molecule has 2 aliphatic rings. The largest absolute Gasteiger partial charge is 0.379 e. The molecular weight excluding hydrogens is 152 g/mol. The molecule has 0 bridgehead atoms. The first-order chi connectivity index (χ1) is 5.90. The van der Waals surface area contributed by atoms with Crippen molar-refractivity contribution in [2.24, 2.45) is 0 Å². The molecule has 0 unspecified atom stereocenters. The number of ether oxygens (including phenoxy) is 1. The van der Waals surface area contributed by atoms with Crippen LogP contribution in [0.4, 0.5) is 0 Å². The summed E-state index contributed by atoms with van der Waals surface area (Å²) in [6, 6.07) is 0.783. The van der Waals surface area contributed by atoms with Gasteiger partial charge in [0.25, 0.3) is 0 Å². The van der Waals surface area contributed by atoms with Crippen LogP contribution in [-0.2, 0) is 4.74 Å². The van der Waals surface area contributed by atoms with Crippen LogP contribution in [0.3, 0.4) is 0 Å². The summed E-state index contributed by atoms with van der Waals surface area (Å²) in [6.07, 6.45) is 3.20. The van der Waals surface area contributed by atoms with Crippen molar-refractivity contribution in [1.29, 1.82) is 0 Å². The topological polar surface area (TPSA) is 24.5 Å². The number of rotatable bonds is 2. The third-order valence-electron chi connectivity index (χ3n) is 3.00. The number of piperidine rings is 1. The lowest BCUT2D eigenvalue weighted by molar-refractivity contribution is -0.0542. The lowest BCUT2D eigenvalue weighted by Gasteiger charge is -2.44. The van der Waals surface area contributed by atoms with E-state index in [-0.39, 0.29) is 0 Å². The van der Waals surface area contributed by atoms with Crippen molar-refractivity contribution < 1.29 is 4.74 Å². The van der Waals surface area contributed by atoms with E-state index in [9.17, 15) is 0 Å². The molecule has 1 atom stereocenters. The summed E-state index contributed by atoms with van der Waals surface area (Å²) in [5.41, 5.74) is 0. The maximum atomic E-state index is 5.25. The van der Waals surface area contributed by atoms with E-state index >= 15 is 0 Å². The smallest absolute Gasteiger partial charge is 0.0825 e. The summed E-state index contributed by atoms with van der Waals surface area (Å²) in [6.45, 7) is 4.67. The SMILES string of the molecule is COC1CN([C@H]2CCCNC2)C1. The van der Waals surface area contributed by atoms with Gasteiger partial charge in [-0.25, -0.2) is 0 Å². The summed E-state index contributed by atoms with van der Waals surface area (Å²) in [5, 5.41) is 3.43. The summed E-state index contributed by atoms with van der Waals surface area (Å²) >= 11 is 0. The number of nitrogens with one attached hydrogen (secondary N) is 1. The van der Waals surface area contributed by atoms with Gasteiger partial charge in [-0.05, 0) is 19.4 Å². The monoisotopic (exact) mass is 170 g/mol. The zero-order valence-corrected chi connectivity index (χ0v) is 7.75. The molecule has 2 heterocycles. The van der Waals surface area contributed by atoms with Crippen molar-refractivity contribution in [2.75, 3.05) is 33.3 Å². The van der Waals surface area contributed by atoms with Gasteiger partial charge in [-0.2, -0.15) is 0 Å². The Kier molecular flexibility index (Phi) is 2.63. The first-order valence-corrected chi connectivity index (χ1v) is 4.87. The average molecular weight is 170 g/mol. The Bertz CT molecular complexity index is 139. The van der Waals surface area contributed by atoms with E-state index in [1.807, 2.05) is 0 Å². The number of methoxy groups -OCH3 is 1. The van der Waals surface area contributed by atoms with Gasteiger partial charge >= 0.3 is 0 Å². The van der Waals surface area contributed by atoms with Gasteiger partial charge in [0.1, 0.15) is 0 Å². The number of nitrogens with zero attached hydrogens (tertiary/aromatic N) is 1. The van der Waals surface area contributed by atoms with Crippen molar-refractivity contribution in [3.05, 3.63) is 0 Å². The van der Waals surface area contributed by atoms with Gasteiger partial charge in [-0.3, -0.25) is 4.90 Å². The summed E-state index contributed by atoms with van der Waals surface area (Å²) in [4.78, 5) is 2.53. The van der Waals surface area contributed by atoms with Gasteiger partial charge < -0.3 is 10.1 Å². The molecule has 0 aromatic rings. The van der Waals surface area contributed by atoms with Crippen LogP contribution in [0.25, 0.3) is 0 Å². The Morgan fingerprint density at radius 3 is 2.83 bits per heavy atom. The molecule has 0 aliphatic carbocycles. The minimum absolute atomic E-state index is 0.506. The molecule has 2 aliphatic heterocycles. The molecule has 12 heavy (non-hydrogen) atoms. The van der Waals surface area contributed by atoms with Crippen LogP contribution in [0.1, 0.15) is 12.8 Å². The normalized spacial score (nSPS) is 33.2. The van der Waals surface area contributed by atoms with Crippen LogP contribution in [0.15, 0.2) is 0 Å². The highest BCUT2D eigenvalue weighted by molar-refractivity contribution is 4.88. The molecule has 70 valence electrons. The fourth-order valence-corrected chi connectivity index (χ4v) is 2.06. The van der Waals surface area contributed by atoms with Crippen molar-refractivity contribution in [2.45, 2.75) is 25.0 Å². The van der Waals surface area contributed by atoms with Crippen LogP contribution >= 0.6 is 0 Å². The number of hydrogen-bond donors (Lipinski definition) is 1. The molecule has 3 nitrogen and oxygen atoms in total. The van der Waals surface area contributed by atoms with E-state index in [2.05, 4.69) is 10.2 Å². The minimum Gasteiger partial charge on any atom is -0.379 e. The van der Waals surface area contributed by atoms with Gasteiger partial charge in [-0.15, -0.1) is 0 Å². The molecule has 0 saturated carbocycles. The second-order valence-corrected chi connectivity index (χ2v) is 3.81. The van der Waals surface area contributed by atoms with Crippen LogP contribution < -0.4 is 5.32 Å². The van der Waals surface area contributed by atoms with E-state index in [4.69, 9.17) is 4.74 Å². The van der Waals surface area contributed by atoms with E-state index in [0.29, 0.717) is 6.10 Å². The van der Waals surface area contributed by atoms with Gasteiger partial charge in [0, 0.05) is 32.8 Å². The molecule has 2 rings (SSSR count). The van der Waals surface area contributed by atoms with Crippen molar-refractivity contribution in [3.63, 3.8) is 0 Å².